The van der Waals surface area contributed by atoms with Crippen LogP contribution in [0.2, 0.25) is 0 Å². The minimum atomic E-state index is 0.210. The summed E-state index contributed by atoms with van der Waals surface area (Å²) in [5.74, 6) is 0. The van der Waals surface area contributed by atoms with Crippen molar-refractivity contribution in [2.75, 3.05) is 11.5 Å². The number of nitrogens with two attached hydrogens (primary N) is 2. The second-order valence-corrected chi connectivity index (χ2v) is 2.58. The second-order valence-electron chi connectivity index (χ2n) is 2.58. The molecular formula is C9H8N4. The van der Waals surface area contributed by atoms with Crippen molar-refractivity contribution >= 4 is 11.4 Å². The zero-order valence-electron chi connectivity index (χ0n) is 6.91. The lowest BCUT2D eigenvalue weighted by Crippen LogP contribution is -1.98. The fourth-order valence-electron chi connectivity index (χ4n) is 1.02. The van der Waals surface area contributed by atoms with Crippen molar-refractivity contribution in [3.05, 3.63) is 23.3 Å². The highest BCUT2D eigenvalue weighted by Gasteiger charge is 2.04. The molecule has 1 rings (SSSR count). The molecule has 0 spiro atoms. The molecule has 0 radical (unpaired) electrons. The van der Waals surface area contributed by atoms with Gasteiger partial charge in [0, 0.05) is 11.4 Å². The largest absolute Gasteiger partial charge is 0.398 e. The number of nitrogen functional groups attached to an aromatic ring is 2. The Labute approximate surface area is 76.0 Å². The van der Waals surface area contributed by atoms with Gasteiger partial charge in [0.25, 0.3) is 0 Å². The van der Waals surface area contributed by atoms with Crippen LogP contribution in [0, 0.1) is 22.7 Å². The number of nitrogens with zero attached hydrogens (tertiary/aromatic N) is 2. The lowest BCUT2D eigenvalue weighted by Gasteiger charge is -2.04. The van der Waals surface area contributed by atoms with E-state index in [1.807, 2.05) is 12.1 Å². The lowest BCUT2D eigenvalue weighted by atomic mass is 10.1. The Kier molecular flexibility index (Phi) is 2.37. The van der Waals surface area contributed by atoms with Gasteiger partial charge in [0.15, 0.2) is 0 Å². The van der Waals surface area contributed by atoms with Crippen molar-refractivity contribution in [3.63, 3.8) is 0 Å². The number of anilines is 2. The number of hydrogen-bond donors (Lipinski definition) is 2. The molecule has 0 heterocycles. The second kappa shape index (κ2) is 3.46. The van der Waals surface area contributed by atoms with Gasteiger partial charge < -0.3 is 11.5 Å². The van der Waals surface area contributed by atoms with Crippen molar-refractivity contribution in [3.8, 4) is 12.1 Å². The lowest BCUT2D eigenvalue weighted by molar-refractivity contribution is 1.26. The molecule has 0 unspecified atom stereocenters. The van der Waals surface area contributed by atoms with E-state index >= 15 is 0 Å². The van der Waals surface area contributed by atoms with Crippen LogP contribution in [0.4, 0.5) is 11.4 Å². The van der Waals surface area contributed by atoms with Crippen molar-refractivity contribution in [2.24, 2.45) is 0 Å². The molecule has 0 bridgehead atoms. The van der Waals surface area contributed by atoms with E-state index in [1.165, 1.54) is 6.07 Å². The van der Waals surface area contributed by atoms with Gasteiger partial charge in [-0.3, -0.25) is 0 Å². The number of hydrogen-bond acceptors (Lipinski definition) is 4. The SMILES string of the molecule is N#CCc1cc(N)c(C#N)cc1N. The van der Waals surface area contributed by atoms with E-state index in [1.54, 1.807) is 6.07 Å². The molecule has 4 nitrogen and oxygen atoms in total. The predicted molar refractivity (Wildman–Crippen MR) is 49.3 cm³/mol. The minimum absolute atomic E-state index is 0.210. The first-order valence-corrected chi connectivity index (χ1v) is 3.64. The smallest absolute Gasteiger partial charge is 0.101 e. The molecule has 0 fully saturated rings. The van der Waals surface area contributed by atoms with Gasteiger partial charge in [-0.05, 0) is 17.7 Å². The quantitative estimate of drug-likeness (QED) is 0.611. The monoisotopic (exact) mass is 172 g/mol. The summed E-state index contributed by atoms with van der Waals surface area (Å²) >= 11 is 0. The maximum absolute atomic E-state index is 8.61. The minimum Gasteiger partial charge on any atom is -0.398 e. The Balaban J connectivity index is 3.24. The van der Waals surface area contributed by atoms with Crippen LogP contribution >= 0.6 is 0 Å². The maximum atomic E-state index is 8.61. The van der Waals surface area contributed by atoms with E-state index in [9.17, 15) is 0 Å². The third-order valence-corrected chi connectivity index (χ3v) is 1.70. The summed E-state index contributed by atoms with van der Waals surface area (Å²) in [6.07, 6.45) is 0.210. The third-order valence-electron chi connectivity index (χ3n) is 1.70. The van der Waals surface area contributed by atoms with Crippen LogP contribution in [0.1, 0.15) is 11.1 Å². The summed E-state index contributed by atoms with van der Waals surface area (Å²) in [7, 11) is 0. The average molecular weight is 172 g/mol. The van der Waals surface area contributed by atoms with E-state index in [0.717, 1.165) is 0 Å². The summed E-state index contributed by atoms with van der Waals surface area (Å²) in [4.78, 5) is 0. The molecule has 0 saturated heterocycles. The van der Waals surface area contributed by atoms with E-state index in [0.29, 0.717) is 22.5 Å². The van der Waals surface area contributed by atoms with Crippen molar-refractivity contribution in [1.29, 1.82) is 10.5 Å². The number of rotatable bonds is 1. The van der Waals surface area contributed by atoms with Crippen molar-refractivity contribution in [2.45, 2.75) is 6.42 Å². The molecule has 4 heteroatoms. The highest BCUT2D eigenvalue weighted by Crippen LogP contribution is 2.20. The van der Waals surface area contributed by atoms with Crippen molar-refractivity contribution < 1.29 is 0 Å². The molecular weight excluding hydrogens is 164 g/mol. The fraction of sp³-hybridized carbons (Fsp3) is 0.111. The molecule has 0 aliphatic rings. The topological polar surface area (TPSA) is 99.6 Å². The van der Waals surface area contributed by atoms with E-state index in [2.05, 4.69) is 0 Å². The first kappa shape index (κ1) is 8.89. The zero-order valence-corrected chi connectivity index (χ0v) is 6.91. The predicted octanol–water partition coefficient (Wildman–Crippen LogP) is 0.789. The van der Waals surface area contributed by atoms with Gasteiger partial charge >= 0.3 is 0 Å². The molecule has 0 aliphatic carbocycles. The Morgan fingerprint density at radius 1 is 1.15 bits per heavy atom. The van der Waals surface area contributed by atoms with Crippen molar-refractivity contribution in [1.82, 2.24) is 0 Å². The molecule has 1 aromatic rings. The van der Waals surface area contributed by atoms with E-state index in [-0.39, 0.29) is 6.42 Å². The molecule has 0 saturated carbocycles. The first-order valence-electron chi connectivity index (χ1n) is 3.64. The first-order chi connectivity index (χ1) is 6.19. The standard InChI is InChI=1S/C9H8N4/c10-2-1-6-3-9(13)7(5-11)4-8(6)12/h3-4H,1,12-13H2. The maximum Gasteiger partial charge on any atom is 0.101 e. The van der Waals surface area contributed by atoms with Gasteiger partial charge in [-0.2, -0.15) is 10.5 Å². The average Bonchev–Trinajstić information content (AvgIpc) is 2.11. The molecule has 13 heavy (non-hydrogen) atoms. The Hall–Kier alpha value is -2.20. The molecule has 0 amide bonds. The van der Waals surface area contributed by atoms with Gasteiger partial charge in [0.05, 0.1) is 18.1 Å². The summed E-state index contributed by atoms with van der Waals surface area (Å²) in [5, 5.41) is 17.1. The van der Waals surface area contributed by atoms with Gasteiger partial charge in [-0.1, -0.05) is 0 Å². The van der Waals surface area contributed by atoms with Gasteiger partial charge in [0.2, 0.25) is 0 Å². The molecule has 4 N–H and O–H groups in total. The summed E-state index contributed by atoms with van der Waals surface area (Å²) < 4.78 is 0. The third kappa shape index (κ3) is 1.69. The normalized spacial score (nSPS) is 8.77. The highest BCUT2D eigenvalue weighted by molar-refractivity contribution is 5.64. The molecule has 1 aromatic carbocycles. The van der Waals surface area contributed by atoms with Crippen LogP contribution in [0.15, 0.2) is 12.1 Å². The van der Waals surface area contributed by atoms with E-state index < -0.39 is 0 Å². The molecule has 0 aromatic heterocycles. The number of benzene rings is 1. The van der Waals surface area contributed by atoms with Crippen LogP contribution in [0.25, 0.3) is 0 Å². The summed E-state index contributed by atoms with van der Waals surface area (Å²) in [6, 6.07) is 6.94. The van der Waals surface area contributed by atoms with Gasteiger partial charge in [0.1, 0.15) is 6.07 Å². The Morgan fingerprint density at radius 2 is 1.85 bits per heavy atom. The molecule has 0 atom stereocenters. The van der Waals surface area contributed by atoms with Crippen LogP contribution < -0.4 is 11.5 Å². The fourth-order valence-corrected chi connectivity index (χ4v) is 1.02. The highest BCUT2D eigenvalue weighted by atomic mass is 14.6. The van der Waals surface area contributed by atoms with Crippen LogP contribution in [0.5, 0.6) is 0 Å². The van der Waals surface area contributed by atoms with E-state index in [4.69, 9.17) is 22.0 Å². The van der Waals surface area contributed by atoms with Crippen LogP contribution in [0.3, 0.4) is 0 Å². The Bertz CT molecular complexity index is 409. The molecule has 64 valence electrons. The molecule has 0 aliphatic heterocycles. The summed E-state index contributed by atoms with van der Waals surface area (Å²) in [5.41, 5.74) is 13.0. The van der Waals surface area contributed by atoms with Gasteiger partial charge in [-0.25, -0.2) is 0 Å². The Morgan fingerprint density at radius 3 is 2.38 bits per heavy atom. The van der Waals surface area contributed by atoms with Crippen LogP contribution in [-0.2, 0) is 6.42 Å². The van der Waals surface area contributed by atoms with Crippen LogP contribution in [-0.4, -0.2) is 0 Å². The number of nitriles is 2. The summed E-state index contributed by atoms with van der Waals surface area (Å²) in [6.45, 7) is 0. The zero-order chi connectivity index (χ0) is 9.84. The van der Waals surface area contributed by atoms with Gasteiger partial charge in [-0.15, -0.1) is 0 Å².